The average Bonchev–Trinajstić information content (AvgIpc) is 2.80. The molecule has 3 aromatic rings. The number of nitrogens with two attached hydrogens (primary N) is 1. The number of anilines is 1. The topological polar surface area (TPSA) is 81.2 Å². The van der Waals surface area contributed by atoms with Gasteiger partial charge in [-0.25, -0.2) is 9.18 Å². The largest absolute Gasteiger partial charge is 0.496 e. The zero-order chi connectivity index (χ0) is 22.2. The van der Waals surface area contributed by atoms with Crippen LogP contribution in [-0.4, -0.2) is 26.1 Å². The molecule has 0 unspecified atom stereocenters. The maximum atomic E-state index is 13.2. The van der Waals surface area contributed by atoms with Gasteiger partial charge in [0.1, 0.15) is 23.7 Å². The van der Waals surface area contributed by atoms with Gasteiger partial charge in [0, 0.05) is 16.8 Å². The number of halogens is 1. The lowest BCUT2D eigenvalue weighted by atomic mass is 10.0. The summed E-state index contributed by atoms with van der Waals surface area (Å²) < 4.78 is 23.2. The minimum Gasteiger partial charge on any atom is -0.496 e. The van der Waals surface area contributed by atoms with Crippen molar-refractivity contribution in [3.05, 3.63) is 95.3 Å². The maximum absolute atomic E-state index is 13.2. The molecule has 3 rings (SSSR count). The zero-order valence-corrected chi connectivity index (χ0v) is 17.3. The summed E-state index contributed by atoms with van der Waals surface area (Å²) in [6.07, 6.45) is 0. The molecule has 3 N–H and O–H groups in total. The quantitative estimate of drug-likeness (QED) is 0.546. The average molecular weight is 423 g/mol. The van der Waals surface area contributed by atoms with Gasteiger partial charge >= 0.3 is 5.97 Å². The molecule has 31 heavy (non-hydrogen) atoms. The zero-order valence-electron chi connectivity index (χ0n) is 17.3. The van der Waals surface area contributed by atoms with Crippen LogP contribution in [0.1, 0.15) is 27.5 Å². The number of hydrogen-bond acceptors (Lipinski definition) is 4. The first kappa shape index (κ1) is 22.0. The molecule has 0 saturated heterocycles. The fourth-order valence-corrected chi connectivity index (χ4v) is 3.21. The summed E-state index contributed by atoms with van der Waals surface area (Å²) in [6.45, 7) is 0.435. The summed E-state index contributed by atoms with van der Waals surface area (Å²) in [5.74, 6) is -0.679. The van der Waals surface area contributed by atoms with Gasteiger partial charge in [0.25, 0.3) is 5.91 Å². The summed E-state index contributed by atoms with van der Waals surface area (Å²) in [5, 5.41) is 4.70. The molecule has 160 valence electrons. The lowest BCUT2D eigenvalue weighted by Gasteiger charge is -2.17. The second-order valence-electron chi connectivity index (χ2n) is 6.85. The Morgan fingerprint density at radius 2 is 1.71 bits per heavy atom. The van der Waals surface area contributed by atoms with E-state index in [9.17, 15) is 14.0 Å². The van der Waals surface area contributed by atoms with Gasteiger partial charge < -0.3 is 20.1 Å². The Balaban J connectivity index is 1.80. The van der Waals surface area contributed by atoms with Gasteiger partial charge in [-0.05, 0) is 42.5 Å². The molecular formula is C24H24FN2O4+. The van der Waals surface area contributed by atoms with Crippen LogP contribution in [0.4, 0.5) is 10.1 Å². The molecule has 6 nitrogen and oxygen atoms in total. The normalized spacial score (nSPS) is 11.5. The summed E-state index contributed by atoms with van der Waals surface area (Å²) in [4.78, 5) is 25.0. The Bertz CT molecular complexity index is 1040. The van der Waals surface area contributed by atoms with E-state index in [4.69, 9.17) is 9.47 Å². The highest BCUT2D eigenvalue weighted by Gasteiger charge is 2.24. The van der Waals surface area contributed by atoms with Crippen molar-refractivity contribution in [1.82, 2.24) is 0 Å². The van der Waals surface area contributed by atoms with Crippen molar-refractivity contribution < 1.29 is 28.8 Å². The summed E-state index contributed by atoms with van der Waals surface area (Å²) in [6, 6.07) is 19.7. The molecule has 1 atom stereocenters. The first-order valence-corrected chi connectivity index (χ1v) is 9.71. The number of carbonyl (C=O) groups is 2. The Labute approximate surface area is 180 Å². The van der Waals surface area contributed by atoms with Crippen molar-refractivity contribution in [2.75, 3.05) is 19.5 Å². The molecule has 0 aliphatic carbocycles. The Morgan fingerprint density at radius 1 is 1.00 bits per heavy atom. The summed E-state index contributed by atoms with van der Waals surface area (Å²) in [7, 11) is 2.80. The van der Waals surface area contributed by atoms with Crippen LogP contribution in [0, 0.1) is 5.82 Å². The van der Waals surface area contributed by atoms with E-state index in [1.54, 1.807) is 12.1 Å². The van der Waals surface area contributed by atoms with Crippen LogP contribution >= 0.6 is 0 Å². The predicted octanol–water partition coefficient (Wildman–Crippen LogP) is 3.06. The fourth-order valence-electron chi connectivity index (χ4n) is 3.21. The number of amides is 1. The van der Waals surface area contributed by atoms with Gasteiger partial charge in [-0.2, -0.15) is 0 Å². The summed E-state index contributed by atoms with van der Waals surface area (Å²) in [5.41, 5.74) is 2.49. The van der Waals surface area contributed by atoms with Crippen LogP contribution in [0.2, 0.25) is 0 Å². The minimum atomic E-state index is -0.546. The van der Waals surface area contributed by atoms with Crippen LogP contribution in [0.5, 0.6) is 5.75 Å². The number of rotatable bonds is 8. The smallest absolute Gasteiger partial charge is 0.341 e. The molecule has 3 aromatic carbocycles. The highest BCUT2D eigenvalue weighted by Crippen LogP contribution is 2.21. The second-order valence-corrected chi connectivity index (χ2v) is 6.85. The third-order valence-electron chi connectivity index (χ3n) is 4.81. The number of esters is 1. The number of quaternary nitrogens is 1. The SMILES string of the molecule is COC(=O)c1cc(C[NH2+][C@H](C(=O)Nc2ccc(F)cc2)c2ccccc2)ccc1OC. The van der Waals surface area contributed by atoms with E-state index in [-0.39, 0.29) is 11.7 Å². The van der Waals surface area contributed by atoms with E-state index < -0.39 is 12.0 Å². The van der Waals surface area contributed by atoms with Gasteiger partial charge in [-0.3, -0.25) is 4.79 Å². The highest BCUT2D eigenvalue weighted by atomic mass is 19.1. The van der Waals surface area contributed by atoms with Gasteiger partial charge in [0.15, 0.2) is 6.04 Å². The minimum absolute atomic E-state index is 0.237. The van der Waals surface area contributed by atoms with Crippen molar-refractivity contribution in [2.24, 2.45) is 0 Å². The van der Waals surface area contributed by atoms with E-state index in [1.807, 2.05) is 41.7 Å². The van der Waals surface area contributed by atoms with Crippen LogP contribution in [0.3, 0.4) is 0 Å². The van der Waals surface area contributed by atoms with Gasteiger partial charge in [-0.1, -0.05) is 30.3 Å². The van der Waals surface area contributed by atoms with E-state index in [1.165, 1.54) is 38.5 Å². The Morgan fingerprint density at radius 3 is 2.35 bits per heavy atom. The molecule has 0 bridgehead atoms. The lowest BCUT2D eigenvalue weighted by molar-refractivity contribution is -0.697. The van der Waals surface area contributed by atoms with Crippen molar-refractivity contribution in [1.29, 1.82) is 0 Å². The molecule has 0 spiro atoms. The van der Waals surface area contributed by atoms with Crippen LogP contribution < -0.4 is 15.4 Å². The third kappa shape index (κ3) is 5.67. The molecule has 1 amide bonds. The van der Waals surface area contributed by atoms with Crippen LogP contribution in [0.15, 0.2) is 72.8 Å². The number of nitrogens with one attached hydrogen (secondary N) is 1. The van der Waals surface area contributed by atoms with Crippen molar-refractivity contribution in [2.45, 2.75) is 12.6 Å². The molecule has 0 aromatic heterocycles. The first-order valence-electron chi connectivity index (χ1n) is 9.71. The molecule has 7 heteroatoms. The predicted molar refractivity (Wildman–Crippen MR) is 114 cm³/mol. The van der Waals surface area contributed by atoms with E-state index in [2.05, 4.69) is 5.32 Å². The Kier molecular flexibility index (Phi) is 7.35. The molecule has 0 aliphatic heterocycles. The van der Waals surface area contributed by atoms with Crippen LogP contribution in [0.25, 0.3) is 0 Å². The fraction of sp³-hybridized carbons (Fsp3) is 0.167. The van der Waals surface area contributed by atoms with Gasteiger partial charge in [0.05, 0.1) is 14.2 Å². The number of hydrogen-bond donors (Lipinski definition) is 2. The molecular weight excluding hydrogens is 399 g/mol. The van der Waals surface area contributed by atoms with Crippen molar-refractivity contribution >= 4 is 17.6 Å². The maximum Gasteiger partial charge on any atom is 0.341 e. The van der Waals surface area contributed by atoms with Crippen LogP contribution in [-0.2, 0) is 16.1 Å². The lowest BCUT2D eigenvalue weighted by Crippen LogP contribution is -2.85. The van der Waals surface area contributed by atoms with E-state index in [0.717, 1.165) is 11.1 Å². The number of carbonyl (C=O) groups excluding carboxylic acids is 2. The second kappa shape index (κ2) is 10.4. The van der Waals surface area contributed by atoms with E-state index >= 15 is 0 Å². The first-order chi connectivity index (χ1) is 15.0. The van der Waals surface area contributed by atoms with Gasteiger partial charge in [0.2, 0.25) is 0 Å². The standard InChI is InChI=1S/C24H23FN2O4/c1-30-21-13-8-16(14-20(21)24(29)31-2)15-26-22(17-6-4-3-5-7-17)23(28)27-19-11-9-18(25)10-12-19/h3-14,22,26H,15H2,1-2H3,(H,27,28)/p+1/t22-/m0/s1. The molecule has 0 fully saturated rings. The molecule has 0 radical (unpaired) electrons. The van der Waals surface area contributed by atoms with Crippen molar-refractivity contribution in [3.8, 4) is 5.75 Å². The van der Waals surface area contributed by atoms with Gasteiger partial charge in [-0.15, -0.1) is 0 Å². The third-order valence-corrected chi connectivity index (χ3v) is 4.81. The highest BCUT2D eigenvalue weighted by molar-refractivity contribution is 5.94. The number of ether oxygens (including phenoxy) is 2. The molecule has 0 saturated carbocycles. The Hall–Kier alpha value is -3.71. The molecule has 0 aliphatic rings. The number of methoxy groups -OCH3 is 2. The summed E-state index contributed by atoms with van der Waals surface area (Å²) >= 11 is 0. The van der Waals surface area contributed by atoms with Crippen molar-refractivity contribution in [3.63, 3.8) is 0 Å². The monoisotopic (exact) mass is 423 g/mol. The number of benzene rings is 3. The molecule has 0 heterocycles. The van der Waals surface area contributed by atoms with E-state index in [0.29, 0.717) is 23.5 Å².